The fourth-order valence-corrected chi connectivity index (χ4v) is 5.65. The van der Waals surface area contributed by atoms with Crippen LogP contribution in [0, 0.1) is 0 Å². The first kappa shape index (κ1) is 22.6. The molecule has 3 aromatic carbocycles. The van der Waals surface area contributed by atoms with Crippen LogP contribution in [-0.2, 0) is 14.4 Å². The molecule has 4 rings (SSSR count). The van der Waals surface area contributed by atoms with Crippen LogP contribution >= 0.6 is 47.8 Å². The second-order valence-electron chi connectivity index (χ2n) is 6.75. The Bertz CT molecular complexity index is 1270. The number of hydrogen-bond donors (Lipinski definition) is 0. The fourth-order valence-electron chi connectivity index (χ4n) is 3.23. The number of fused-ring (bicyclic) bond motifs is 1. The summed E-state index contributed by atoms with van der Waals surface area (Å²) in [6.45, 7) is 0. The standard InChI is InChI=1S/C22H12Br3NO6/c23-11-9-16(24)20(17(25)10-11)31-21(29)14-5-1-4-13-12(14)3-2-6-15(13)22(30)32-26-18(27)7-8-19(26)28/h1-6,9-10H,7-8H2. The maximum Gasteiger partial charge on any atom is 0.364 e. The molecular weight excluding hydrogens is 614 g/mol. The number of esters is 1. The molecule has 1 aliphatic rings. The van der Waals surface area contributed by atoms with E-state index in [4.69, 9.17) is 9.57 Å². The summed E-state index contributed by atoms with van der Waals surface area (Å²) >= 11 is 10.1. The van der Waals surface area contributed by atoms with Gasteiger partial charge in [-0.15, -0.1) is 5.06 Å². The molecular formula is C22H12Br3NO6. The second-order valence-corrected chi connectivity index (χ2v) is 9.38. The lowest BCUT2D eigenvalue weighted by Gasteiger charge is -2.14. The molecule has 0 N–H and O–H groups in total. The van der Waals surface area contributed by atoms with Crippen LogP contribution in [0.4, 0.5) is 0 Å². The summed E-state index contributed by atoms with van der Waals surface area (Å²) in [5.41, 5.74) is 0.336. The SMILES string of the molecule is O=C(Oc1c(Br)cc(Br)cc1Br)c1cccc2c(C(=O)ON3C(=O)CCC3=O)cccc12. The van der Waals surface area contributed by atoms with Gasteiger partial charge in [-0.2, -0.15) is 0 Å². The van der Waals surface area contributed by atoms with E-state index in [0.717, 1.165) is 4.47 Å². The lowest BCUT2D eigenvalue weighted by Crippen LogP contribution is -2.32. The van der Waals surface area contributed by atoms with Gasteiger partial charge in [-0.3, -0.25) is 9.59 Å². The van der Waals surface area contributed by atoms with Crippen LogP contribution in [-0.4, -0.2) is 28.8 Å². The maximum absolute atomic E-state index is 13.0. The number of imide groups is 1. The molecule has 0 bridgehead atoms. The van der Waals surface area contributed by atoms with E-state index in [2.05, 4.69) is 47.8 Å². The first-order valence-corrected chi connectivity index (χ1v) is 11.6. The summed E-state index contributed by atoms with van der Waals surface area (Å²) in [5.74, 6) is -2.34. The number of halogens is 3. The van der Waals surface area contributed by atoms with Crippen molar-refractivity contribution in [3.8, 4) is 5.75 Å². The minimum absolute atomic E-state index is 0.00117. The minimum atomic E-state index is -0.872. The summed E-state index contributed by atoms with van der Waals surface area (Å²) in [7, 11) is 0. The predicted molar refractivity (Wildman–Crippen MR) is 125 cm³/mol. The van der Waals surface area contributed by atoms with Crippen molar-refractivity contribution < 1.29 is 28.8 Å². The molecule has 1 saturated heterocycles. The van der Waals surface area contributed by atoms with Gasteiger partial charge in [0.15, 0.2) is 5.75 Å². The van der Waals surface area contributed by atoms with E-state index >= 15 is 0 Å². The Morgan fingerprint density at radius 2 is 1.28 bits per heavy atom. The lowest BCUT2D eigenvalue weighted by atomic mass is 10.00. The smallest absolute Gasteiger partial charge is 0.364 e. The van der Waals surface area contributed by atoms with Crippen molar-refractivity contribution in [1.82, 2.24) is 5.06 Å². The molecule has 0 aromatic heterocycles. The van der Waals surface area contributed by atoms with Crippen molar-refractivity contribution in [2.45, 2.75) is 12.8 Å². The van der Waals surface area contributed by atoms with E-state index < -0.39 is 23.8 Å². The monoisotopic (exact) mass is 623 g/mol. The van der Waals surface area contributed by atoms with Gasteiger partial charge in [0.25, 0.3) is 11.8 Å². The van der Waals surface area contributed by atoms with Crippen LogP contribution in [0.1, 0.15) is 33.6 Å². The summed E-state index contributed by atoms with van der Waals surface area (Å²) in [5, 5.41) is 1.36. The van der Waals surface area contributed by atoms with Crippen LogP contribution in [0.15, 0.2) is 61.9 Å². The molecule has 1 fully saturated rings. The summed E-state index contributed by atoms with van der Waals surface area (Å²) in [4.78, 5) is 54.2. The van der Waals surface area contributed by atoms with Gasteiger partial charge in [-0.25, -0.2) is 9.59 Å². The molecule has 32 heavy (non-hydrogen) atoms. The van der Waals surface area contributed by atoms with Crippen LogP contribution in [0.5, 0.6) is 5.75 Å². The van der Waals surface area contributed by atoms with Gasteiger partial charge < -0.3 is 9.57 Å². The van der Waals surface area contributed by atoms with Crippen molar-refractivity contribution >= 4 is 82.3 Å². The summed E-state index contributed by atoms with van der Waals surface area (Å²) in [6.07, 6.45) is -0.00235. The van der Waals surface area contributed by atoms with Crippen molar-refractivity contribution in [2.75, 3.05) is 0 Å². The zero-order valence-electron chi connectivity index (χ0n) is 16.1. The van der Waals surface area contributed by atoms with E-state index in [-0.39, 0.29) is 24.0 Å². The van der Waals surface area contributed by atoms with Crippen LogP contribution in [0.3, 0.4) is 0 Å². The molecule has 2 amide bonds. The summed E-state index contributed by atoms with van der Waals surface area (Å²) < 4.78 is 7.52. The van der Waals surface area contributed by atoms with Gasteiger partial charge in [0.05, 0.1) is 20.1 Å². The van der Waals surface area contributed by atoms with Gasteiger partial charge in [0.1, 0.15) is 0 Å². The minimum Gasteiger partial charge on any atom is -0.420 e. The number of benzene rings is 3. The first-order valence-electron chi connectivity index (χ1n) is 9.23. The highest BCUT2D eigenvalue weighted by atomic mass is 79.9. The molecule has 0 atom stereocenters. The quantitative estimate of drug-likeness (QED) is 0.214. The average molecular weight is 626 g/mol. The second kappa shape index (κ2) is 9.13. The molecule has 0 unspecified atom stereocenters. The first-order chi connectivity index (χ1) is 15.3. The number of nitrogens with zero attached hydrogens (tertiary/aromatic N) is 1. The van der Waals surface area contributed by atoms with E-state index in [0.29, 0.717) is 30.5 Å². The highest BCUT2D eigenvalue weighted by molar-refractivity contribution is 9.11. The van der Waals surface area contributed by atoms with Gasteiger partial charge in [0.2, 0.25) is 0 Å². The molecule has 3 aromatic rings. The molecule has 0 saturated carbocycles. The number of amides is 2. The Morgan fingerprint density at radius 1 is 0.781 bits per heavy atom. The van der Waals surface area contributed by atoms with E-state index in [1.54, 1.807) is 42.5 Å². The number of carbonyl (C=O) groups is 4. The Morgan fingerprint density at radius 3 is 1.81 bits per heavy atom. The maximum atomic E-state index is 13.0. The van der Waals surface area contributed by atoms with Crippen molar-refractivity contribution in [3.05, 3.63) is 73.1 Å². The lowest BCUT2D eigenvalue weighted by molar-refractivity contribution is -0.172. The predicted octanol–water partition coefficient (Wildman–Crippen LogP) is 5.57. The van der Waals surface area contributed by atoms with Gasteiger partial charge >= 0.3 is 11.9 Å². The van der Waals surface area contributed by atoms with Crippen LogP contribution in [0.25, 0.3) is 10.8 Å². The van der Waals surface area contributed by atoms with E-state index in [1.807, 2.05) is 0 Å². The van der Waals surface area contributed by atoms with Gasteiger partial charge in [-0.05, 0) is 66.9 Å². The molecule has 7 nitrogen and oxygen atoms in total. The number of hydroxylamine groups is 2. The third kappa shape index (κ3) is 4.35. The fraction of sp³-hybridized carbons (Fsp3) is 0.0909. The molecule has 0 radical (unpaired) electrons. The highest BCUT2D eigenvalue weighted by Gasteiger charge is 2.33. The summed E-state index contributed by atoms with van der Waals surface area (Å²) in [6, 6.07) is 13.0. The number of ether oxygens (including phenoxy) is 1. The zero-order chi connectivity index (χ0) is 23.0. The Balaban J connectivity index is 1.68. The van der Waals surface area contributed by atoms with E-state index in [9.17, 15) is 19.2 Å². The van der Waals surface area contributed by atoms with Crippen LogP contribution in [0.2, 0.25) is 0 Å². The average Bonchev–Trinajstić information content (AvgIpc) is 3.07. The third-order valence-electron chi connectivity index (χ3n) is 4.70. The molecule has 1 aliphatic heterocycles. The largest absolute Gasteiger partial charge is 0.420 e. The van der Waals surface area contributed by atoms with Crippen LogP contribution < -0.4 is 4.74 Å². The molecule has 0 aliphatic carbocycles. The highest BCUT2D eigenvalue weighted by Crippen LogP contribution is 2.37. The van der Waals surface area contributed by atoms with Gasteiger partial charge in [-0.1, -0.05) is 40.2 Å². The molecule has 10 heteroatoms. The third-order valence-corrected chi connectivity index (χ3v) is 6.34. The number of carbonyl (C=O) groups excluding carboxylic acids is 4. The molecule has 162 valence electrons. The van der Waals surface area contributed by atoms with Crippen molar-refractivity contribution in [1.29, 1.82) is 0 Å². The zero-order valence-corrected chi connectivity index (χ0v) is 20.8. The molecule has 0 spiro atoms. The Kier molecular flexibility index (Phi) is 6.45. The number of rotatable bonds is 4. The number of hydrogen-bond acceptors (Lipinski definition) is 6. The Labute approximate surface area is 207 Å². The topological polar surface area (TPSA) is 90.0 Å². The Hall–Kier alpha value is -2.56. The van der Waals surface area contributed by atoms with Crippen molar-refractivity contribution in [3.63, 3.8) is 0 Å². The molecule has 1 heterocycles. The van der Waals surface area contributed by atoms with E-state index in [1.165, 1.54) is 6.07 Å². The normalized spacial score (nSPS) is 13.5. The van der Waals surface area contributed by atoms with Crippen molar-refractivity contribution in [2.24, 2.45) is 0 Å². The van der Waals surface area contributed by atoms with Gasteiger partial charge in [0, 0.05) is 17.3 Å².